The van der Waals surface area contributed by atoms with Crippen molar-refractivity contribution >= 4 is 35.1 Å². The topological polar surface area (TPSA) is 147 Å². The average molecular weight is 418 g/mol. The molecular formula is C22H14N2O7. The second-order valence-corrected chi connectivity index (χ2v) is 6.70. The molecule has 0 unspecified atom stereocenters. The molecule has 4 N–H and O–H groups in total. The standard InChI is InChI=1S/C22H14N2O7/c23-13-1-3-14(4-2-13)24-19(25)17-6-5-15(10-18(17)20(24)26)31-16-8-11(21(27)28)7-12(9-16)22(29)30/h1-10H,23H2,(H,27,28)(H,29,30). The van der Waals surface area contributed by atoms with E-state index in [-0.39, 0.29) is 33.8 Å². The highest BCUT2D eigenvalue weighted by Gasteiger charge is 2.37. The zero-order valence-corrected chi connectivity index (χ0v) is 15.7. The molecule has 3 aromatic rings. The van der Waals surface area contributed by atoms with Gasteiger partial charge in [0.25, 0.3) is 11.8 Å². The van der Waals surface area contributed by atoms with Gasteiger partial charge >= 0.3 is 11.9 Å². The number of amides is 2. The number of aromatic carboxylic acids is 2. The third kappa shape index (κ3) is 3.55. The van der Waals surface area contributed by atoms with Crippen molar-refractivity contribution in [1.29, 1.82) is 0 Å². The number of carbonyl (C=O) groups excluding carboxylic acids is 2. The Hall–Kier alpha value is -4.66. The average Bonchev–Trinajstić information content (AvgIpc) is 2.98. The van der Waals surface area contributed by atoms with Gasteiger partial charge in [0.05, 0.1) is 27.9 Å². The van der Waals surface area contributed by atoms with E-state index >= 15 is 0 Å². The summed E-state index contributed by atoms with van der Waals surface area (Å²) in [5, 5.41) is 18.4. The molecule has 4 rings (SSSR count). The Morgan fingerprint density at radius 1 is 0.742 bits per heavy atom. The first-order valence-corrected chi connectivity index (χ1v) is 8.92. The molecule has 0 fully saturated rings. The lowest BCUT2D eigenvalue weighted by atomic mass is 10.1. The van der Waals surface area contributed by atoms with E-state index in [0.717, 1.165) is 23.1 Å². The summed E-state index contributed by atoms with van der Waals surface area (Å²) >= 11 is 0. The van der Waals surface area contributed by atoms with Crippen LogP contribution >= 0.6 is 0 Å². The molecule has 1 aliphatic heterocycles. The molecule has 9 heteroatoms. The number of benzene rings is 3. The van der Waals surface area contributed by atoms with Crippen LogP contribution in [-0.4, -0.2) is 34.0 Å². The molecule has 0 aliphatic carbocycles. The highest BCUT2D eigenvalue weighted by molar-refractivity contribution is 6.34. The minimum absolute atomic E-state index is 0.0376. The van der Waals surface area contributed by atoms with Crippen molar-refractivity contribution in [3.63, 3.8) is 0 Å². The summed E-state index contributed by atoms with van der Waals surface area (Å²) in [6.45, 7) is 0. The second kappa shape index (κ2) is 7.30. The zero-order valence-electron chi connectivity index (χ0n) is 15.7. The van der Waals surface area contributed by atoms with Gasteiger partial charge in [-0.2, -0.15) is 0 Å². The van der Waals surface area contributed by atoms with Gasteiger partial charge < -0.3 is 20.7 Å². The molecule has 1 aliphatic rings. The number of imide groups is 1. The first-order valence-electron chi connectivity index (χ1n) is 8.92. The van der Waals surface area contributed by atoms with Crippen LogP contribution in [0.2, 0.25) is 0 Å². The molecule has 1 heterocycles. The smallest absolute Gasteiger partial charge is 0.335 e. The number of carbonyl (C=O) groups is 4. The molecule has 9 nitrogen and oxygen atoms in total. The SMILES string of the molecule is Nc1ccc(N2C(=O)c3ccc(Oc4cc(C(=O)O)cc(C(=O)O)c4)cc3C2=O)cc1. The van der Waals surface area contributed by atoms with Crippen LogP contribution < -0.4 is 15.4 Å². The third-order valence-electron chi connectivity index (χ3n) is 4.65. The molecule has 0 saturated heterocycles. The summed E-state index contributed by atoms with van der Waals surface area (Å²) < 4.78 is 5.60. The third-order valence-corrected chi connectivity index (χ3v) is 4.65. The van der Waals surface area contributed by atoms with Gasteiger partial charge in [-0.1, -0.05) is 0 Å². The first-order chi connectivity index (χ1) is 14.7. The van der Waals surface area contributed by atoms with Crippen molar-refractivity contribution in [2.45, 2.75) is 0 Å². The lowest BCUT2D eigenvalue weighted by Crippen LogP contribution is -2.29. The molecule has 154 valence electrons. The van der Waals surface area contributed by atoms with E-state index in [2.05, 4.69) is 0 Å². The van der Waals surface area contributed by atoms with Gasteiger partial charge in [-0.25, -0.2) is 14.5 Å². The monoisotopic (exact) mass is 418 g/mol. The van der Waals surface area contributed by atoms with E-state index in [1.807, 2.05) is 0 Å². The number of hydrogen-bond acceptors (Lipinski definition) is 6. The second-order valence-electron chi connectivity index (χ2n) is 6.70. The molecule has 31 heavy (non-hydrogen) atoms. The van der Waals surface area contributed by atoms with E-state index in [9.17, 15) is 29.4 Å². The Kier molecular flexibility index (Phi) is 4.63. The van der Waals surface area contributed by atoms with Crippen molar-refractivity contribution in [1.82, 2.24) is 0 Å². The van der Waals surface area contributed by atoms with E-state index in [0.29, 0.717) is 11.4 Å². The maximum Gasteiger partial charge on any atom is 0.335 e. The number of rotatable bonds is 5. The van der Waals surface area contributed by atoms with Crippen molar-refractivity contribution < 1.29 is 34.1 Å². The normalized spacial score (nSPS) is 12.6. The fourth-order valence-electron chi connectivity index (χ4n) is 3.18. The number of nitrogens with two attached hydrogens (primary N) is 1. The highest BCUT2D eigenvalue weighted by Crippen LogP contribution is 2.33. The van der Waals surface area contributed by atoms with Gasteiger partial charge in [0, 0.05) is 5.69 Å². The van der Waals surface area contributed by atoms with Crippen molar-refractivity contribution in [3.8, 4) is 11.5 Å². The van der Waals surface area contributed by atoms with Crippen molar-refractivity contribution in [3.05, 3.63) is 82.9 Å². The fourth-order valence-corrected chi connectivity index (χ4v) is 3.18. The maximum atomic E-state index is 12.8. The molecule has 0 aromatic heterocycles. The molecule has 0 radical (unpaired) electrons. The van der Waals surface area contributed by atoms with Crippen LogP contribution in [0.5, 0.6) is 11.5 Å². The lowest BCUT2D eigenvalue weighted by Gasteiger charge is -2.13. The van der Waals surface area contributed by atoms with Crippen LogP contribution in [0.1, 0.15) is 41.4 Å². The van der Waals surface area contributed by atoms with E-state index in [1.165, 1.54) is 18.2 Å². The van der Waals surface area contributed by atoms with Crippen LogP contribution in [0.4, 0.5) is 11.4 Å². The number of nitrogens with zero attached hydrogens (tertiary/aromatic N) is 1. The predicted octanol–water partition coefficient (Wildman–Crippen LogP) is 3.26. The Bertz CT molecular complexity index is 1230. The summed E-state index contributed by atoms with van der Waals surface area (Å²) in [5.41, 5.74) is 6.25. The predicted molar refractivity (Wildman–Crippen MR) is 109 cm³/mol. The van der Waals surface area contributed by atoms with Crippen LogP contribution in [0, 0.1) is 0 Å². The van der Waals surface area contributed by atoms with E-state index in [1.54, 1.807) is 24.3 Å². The molecule has 0 spiro atoms. The Labute approximate surface area is 174 Å². The lowest BCUT2D eigenvalue weighted by molar-refractivity contribution is 0.0695. The van der Waals surface area contributed by atoms with E-state index in [4.69, 9.17) is 10.5 Å². The van der Waals surface area contributed by atoms with E-state index < -0.39 is 23.8 Å². The molecule has 0 bridgehead atoms. The Morgan fingerprint density at radius 2 is 1.32 bits per heavy atom. The summed E-state index contributed by atoms with van der Waals surface area (Å²) in [7, 11) is 0. The van der Waals surface area contributed by atoms with Crippen LogP contribution in [0.3, 0.4) is 0 Å². The number of carboxylic acid groups (broad SMARTS) is 2. The number of ether oxygens (including phenoxy) is 1. The fraction of sp³-hybridized carbons (Fsp3) is 0. The Balaban J connectivity index is 1.67. The molecular weight excluding hydrogens is 404 g/mol. The molecule has 3 aromatic carbocycles. The maximum absolute atomic E-state index is 12.8. The summed E-state index contributed by atoms with van der Waals surface area (Å²) in [6.07, 6.45) is 0. The van der Waals surface area contributed by atoms with Crippen molar-refractivity contribution in [2.24, 2.45) is 0 Å². The number of hydrogen-bond donors (Lipinski definition) is 3. The van der Waals surface area contributed by atoms with Crippen LogP contribution in [0.25, 0.3) is 0 Å². The van der Waals surface area contributed by atoms with Crippen molar-refractivity contribution in [2.75, 3.05) is 10.6 Å². The van der Waals surface area contributed by atoms with Gasteiger partial charge in [0.2, 0.25) is 0 Å². The van der Waals surface area contributed by atoms with Gasteiger partial charge in [0.15, 0.2) is 0 Å². The number of carboxylic acids is 2. The Morgan fingerprint density at radius 3 is 1.90 bits per heavy atom. The highest BCUT2D eigenvalue weighted by atomic mass is 16.5. The summed E-state index contributed by atoms with van der Waals surface area (Å²) in [5.74, 6) is -3.59. The molecule has 0 atom stereocenters. The minimum Gasteiger partial charge on any atom is -0.478 e. The van der Waals surface area contributed by atoms with Crippen LogP contribution in [0.15, 0.2) is 60.7 Å². The van der Waals surface area contributed by atoms with Gasteiger partial charge in [-0.15, -0.1) is 0 Å². The first kappa shape index (κ1) is 19.6. The number of nitrogen functional groups attached to an aromatic ring is 1. The summed E-state index contributed by atoms with van der Waals surface area (Å²) in [4.78, 5) is 49.1. The molecule has 0 saturated carbocycles. The molecule has 2 amide bonds. The quantitative estimate of drug-likeness (QED) is 0.422. The van der Waals surface area contributed by atoms with Gasteiger partial charge in [-0.05, 0) is 60.7 Å². The zero-order chi connectivity index (χ0) is 22.3. The van der Waals surface area contributed by atoms with Gasteiger partial charge in [0.1, 0.15) is 11.5 Å². The minimum atomic E-state index is -1.32. The summed E-state index contributed by atoms with van der Waals surface area (Å²) in [6, 6.07) is 13.8. The largest absolute Gasteiger partial charge is 0.478 e. The number of fused-ring (bicyclic) bond motifs is 1. The number of anilines is 2. The van der Waals surface area contributed by atoms with Crippen LogP contribution in [-0.2, 0) is 0 Å². The van der Waals surface area contributed by atoms with Gasteiger partial charge in [-0.3, -0.25) is 9.59 Å².